The maximum absolute atomic E-state index is 13.4. The van der Waals surface area contributed by atoms with Gasteiger partial charge < -0.3 is 23.7 Å². The Morgan fingerprint density at radius 2 is 1.76 bits per heavy atom. The second-order valence-corrected chi connectivity index (χ2v) is 11.5. The number of aryl methyl sites for hydroxylation is 1. The first-order valence-electron chi connectivity index (χ1n) is 16.0. The first kappa shape index (κ1) is 34.8. The van der Waals surface area contributed by atoms with Crippen LogP contribution < -0.4 is 4.74 Å². The van der Waals surface area contributed by atoms with Crippen molar-refractivity contribution in [3.63, 3.8) is 0 Å². The SMILES string of the molecule is COC(=O)C1C(C)=NC(C)=C(C(=O)OCCCCOc2ccc(CCCCOC3CCCCO3)cc2)C1c1cccc([N+](=O)[O-])c1. The summed E-state index contributed by atoms with van der Waals surface area (Å²) in [6.45, 7) is 5.46. The Kier molecular flexibility index (Phi) is 13.3. The number of nitro groups is 1. The Hall–Kier alpha value is -4.09. The van der Waals surface area contributed by atoms with E-state index in [1.165, 1.54) is 37.3 Å². The minimum absolute atomic E-state index is 0.0318. The van der Waals surface area contributed by atoms with Crippen LogP contribution in [0.15, 0.2) is 64.8 Å². The second kappa shape index (κ2) is 17.6. The van der Waals surface area contributed by atoms with Crippen LogP contribution in [0.3, 0.4) is 0 Å². The number of ether oxygens (including phenoxy) is 5. The van der Waals surface area contributed by atoms with E-state index in [9.17, 15) is 19.7 Å². The summed E-state index contributed by atoms with van der Waals surface area (Å²) in [6.07, 6.45) is 7.50. The fraction of sp³-hybridized carbons (Fsp3) is 0.514. The number of hydrogen-bond acceptors (Lipinski definition) is 10. The molecule has 1 saturated heterocycles. The van der Waals surface area contributed by atoms with Gasteiger partial charge in [-0.1, -0.05) is 24.3 Å². The van der Waals surface area contributed by atoms with Gasteiger partial charge in [0.25, 0.3) is 5.69 Å². The van der Waals surface area contributed by atoms with Gasteiger partial charge in [-0.25, -0.2) is 4.79 Å². The summed E-state index contributed by atoms with van der Waals surface area (Å²) in [6, 6.07) is 14.0. The molecule has 2 aliphatic rings. The smallest absolute Gasteiger partial charge is 0.336 e. The van der Waals surface area contributed by atoms with Crippen molar-refractivity contribution in [1.29, 1.82) is 0 Å². The summed E-state index contributed by atoms with van der Waals surface area (Å²) in [5, 5.41) is 11.5. The van der Waals surface area contributed by atoms with Crippen LogP contribution in [-0.2, 0) is 35.0 Å². The van der Waals surface area contributed by atoms with Crippen molar-refractivity contribution in [1.82, 2.24) is 0 Å². The number of hydrogen-bond donors (Lipinski definition) is 0. The average molecular weight is 637 g/mol. The van der Waals surface area contributed by atoms with E-state index in [0.717, 1.165) is 51.1 Å². The molecule has 3 atom stereocenters. The van der Waals surface area contributed by atoms with Crippen molar-refractivity contribution in [3.05, 3.63) is 81.0 Å². The van der Waals surface area contributed by atoms with Crippen molar-refractivity contribution < 1.29 is 38.2 Å². The van der Waals surface area contributed by atoms with Gasteiger partial charge in [-0.3, -0.25) is 19.9 Å². The van der Waals surface area contributed by atoms with Crippen molar-refractivity contribution in [2.24, 2.45) is 10.9 Å². The van der Waals surface area contributed by atoms with Crippen LogP contribution in [0.4, 0.5) is 5.69 Å². The zero-order chi connectivity index (χ0) is 32.9. The Balaban J connectivity index is 1.22. The standard InChI is InChI=1S/C35H44N2O9/c1-24-31(34(38)42-3)33(27-12-10-13-28(23-27)37(40)41)32(25(2)36-24)35(39)46-22-9-8-19-43-29-17-15-26(16-18-29)11-4-6-20-44-30-14-5-7-21-45-30/h10,12-13,15-18,23,30-31,33H,4-9,11,14,19-22H2,1-3H3. The quantitative estimate of drug-likeness (QED) is 0.0877. The largest absolute Gasteiger partial charge is 0.494 e. The molecule has 0 spiro atoms. The van der Waals surface area contributed by atoms with Gasteiger partial charge >= 0.3 is 11.9 Å². The molecule has 0 bridgehead atoms. The van der Waals surface area contributed by atoms with Gasteiger partial charge in [0.05, 0.1) is 30.8 Å². The molecule has 11 nitrogen and oxygen atoms in total. The monoisotopic (exact) mass is 636 g/mol. The van der Waals surface area contributed by atoms with Gasteiger partial charge in [0.2, 0.25) is 0 Å². The number of aliphatic imine (C=N–C) groups is 1. The Bertz CT molecular complexity index is 1400. The van der Waals surface area contributed by atoms with Crippen molar-refractivity contribution in [3.8, 4) is 5.75 Å². The fourth-order valence-corrected chi connectivity index (χ4v) is 5.80. The molecule has 248 valence electrons. The van der Waals surface area contributed by atoms with E-state index in [-0.39, 0.29) is 24.2 Å². The van der Waals surface area contributed by atoms with Crippen LogP contribution in [0.1, 0.15) is 75.8 Å². The number of carbonyl (C=O) groups is 2. The number of allylic oxidation sites excluding steroid dienone is 1. The molecule has 2 aromatic carbocycles. The first-order valence-corrected chi connectivity index (χ1v) is 16.0. The third-order valence-electron chi connectivity index (χ3n) is 8.21. The average Bonchev–Trinajstić information content (AvgIpc) is 3.06. The minimum Gasteiger partial charge on any atom is -0.494 e. The van der Waals surface area contributed by atoms with Gasteiger partial charge in [0.1, 0.15) is 11.7 Å². The van der Waals surface area contributed by atoms with Gasteiger partial charge in [-0.15, -0.1) is 0 Å². The van der Waals surface area contributed by atoms with Gasteiger partial charge in [-0.05, 0) is 88.5 Å². The number of nitro benzene ring substituents is 1. The van der Waals surface area contributed by atoms with E-state index in [1.54, 1.807) is 19.9 Å². The molecule has 0 amide bonds. The molecule has 0 radical (unpaired) electrons. The molecule has 0 aliphatic carbocycles. The maximum atomic E-state index is 13.4. The van der Waals surface area contributed by atoms with E-state index in [1.807, 2.05) is 12.1 Å². The summed E-state index contributed by atoms with van der Waals surface area (Å²) in [5.41, 5.74) is 2.57. The number of esters is 2. The lowest BCUT2D eigenvalue weighted by molar-refractivity contribution is -0.384. The summed E-state index contributed by atoms with van der Waals surface area (Å²) in [5.74, 6) is -2.19. The molecule has 4 rings (SSSR count). The zero-order valence-corrected chi connectivity index (χ0v) is 26.9. The highest BCUT2D eigenvalue weighted by Crippen LogP contribution is 2.41. The molecule has 1 fully saturated rings. The third kappa shape index (κ3) is 9.70. The Labute approximate surface area is 270 Å². The van der Waals surface area contributed by atoms with Crippen LogP contribution in [0.25, 0.3) is 0 Å². The molecule has 0 saturated carbocycles. The highest BCUT2D eigenvalue weighted by atomic mass is 16.7. The lowest BCUT2D eigenvalue weighted by Gasteiger charge is -2.31. The summed E-state index contributed by atoms with van der Waals surface area (Å²) < 4.78 is 27.9. The minimum atomic E-state index is -0.923. The predicted molar refractivity (Wildman–Crippen MR) is 172 cm³/mol. The van der Waals surface area contributed by atoms with Crippen LogP contribution in [0.2, 0.25) is 0 Å². The number of non-ortho nitro benzene ring substituents is 1. The van der Waals surface area contributed by atoms with Crippen LogP contribution >= 0.6 is 0 Å². The van der Waals surface area contributed by atoms with Crippen LogP contribution in [-0.4, -0.2) is 62.4 Å². The molecule has 2 aliphatic heterocycles. The van der Waals surface area contributed by atoms with Gasteiger partial charge in [0, 0.05) is 42.7 Å². The molecule has 11 heteroatoms. The topological polar surface area (TPSA) is 136 Å². The van der Waals surface area contributed by atoms with Crippen molar-refractivity contribution in [2.45, 2.75) is 77.4 Å². The number of methoxy groups -OCH3 is 1. The summed E-state index contributed by atoms with van der Waals surface area (Å²) in [4.78, 5) is 41.6. The molecule has 3 unspecified atom stereocenters. The normalized spacial score (nSPS) is 19.7. The molecule has 0 aromatic heterocycles. The zero-order valence-electron chi connectivity index (χ0n) is 26.9. The Morgan fingerprint density at radius 1 is 1.00 bits per heavy atom. The highest BCUT2D eigenvalue weighted by molar-refractivity contribution is 6.07. The molecule has 0 N–H and O–H groups in total. The van der Waals surface area contributed by atoms with E-state index in [0.29, 0.717) is 36.4 Å². The van der Waals surface area contributed by atoms with Crippen molar-refractivity contribution >= 4 is 23.3 Å². The molecule has 46 heavy (non-hydrogen) atoms. The molecular weight excluding hydrogens is 592 g/mol. The number of nitrogens with zero attached hydrogens (tertiary/aromatic N) is 2. The lowest BCUT2D eigenvalue weighted by Crippen LogP contribution is -2.36. The van der Waals surface area contributed by atoms with Gasteiger partial charge in [-0.2, -0.15) is 0 Å². The van der Waals surface area contributed by atoms with E-state index < -0.39 is 28.7 Å². The van der Waals surface area contributed by atoms with E-state index in [4.69, 9.17) is 23.7 Å². The molecular formula is C35H44N2O9. The van der Waals surface area contributed by atoms with E-state index >= 15 is 0 Å². The third-order valence-corrected chi connectivity index (χ3v) is 8.21. The van der Waals surface area contributed by atoms with Gasteiger partial charge in [0.15, 0.2) is 6.29 Å². The van der Waals surface area contributed by atoms with Crippen LogP contribution in [0.5, 0.6) is 5.75 Å². The number of benzene rings is 2. The predicted octanol–water partition coefficient (Wildman–Crippen LogP) is 6.48. The number of carbonyl (C=O) groups excluding carboxylic acids is 2. The van der Waals surface area contributed by atoms with E-state index in [2.05, 4.69) is 17.1 Å². The fourth-order valence-electron chi connectivity index (χ4n) is 5.80. The molecule has 2 heterocycles. The lowest BCUT2D eigenvalue weighted by atomic mass is 9.75. The Morgan fingerprint density at radius 3 is 2.48 bits per heavy atom. The first-order chi connectivity index (χ1) is 22.3. The van der Waals surface area contributed by atoms with Crippen molar-refractivity contribution in [2.75, 3.05) is 33.5 Å². The summed E-state index contributed by atoms with van der Waals surface area (Å²) >= 11 is 0. The number of unbranched alkanes of at least 4 members (excludes halogenated alkanes) is 2. The number of rotatable bonds is 16. The second-order valence-electron chi connectivity index (χ2n) is 11.5. The highest BCUT2D eigenvalue weighted by Gasteiger charge is 2.42. The maximum Gasteiger partial charge on any atom is 0.336 e. The summed E-state index contributed by atoms with van der Waals surface area (Å²) in [7, 11) is 1.26. The molecule has 2 aromatic rings. The van der Waals surface area contributed by atoms with Crippen LogP contribution in [0, 0.1) is 16.0 Å².